The molecule has 2 aromatic rings. The molecule has 0 radical (unpaired) electrons. The smallest absolute Gasteiger partial charge is 0.254 e. The average Bonchev–Trinajstić information content (AvgIpc) is 2.67. The number of likely N-dealkylation sites (N-methyl/N-ethyl adjacent to an activating group) is 1. The Hall–Kier alpha value is -3.04. The van der Waals surface area contributed by atoms with E-state index in [-0.39, 0.29) is 23.5 Å². The van der Waals surface area contributed by atoms with Crippen molar-refractivity contribution in [2.45, 2.75) is 4.90 Å². The van der Waals surface area contributed by atoms with Gasteiger partial charge in [0, 0.05) is 24.8 Å². The van der Waals surface area contributed by atoms with Gasteiger partial charge in [0.15, 0.2) is 0 Å². The number of benzene rings is 2. The van der Waals surface area contributed by atoms with Crippen LogP contribution in [0.5, 0.6) is 0 Å². The van der Waals surface area contributed by atoms with Gasteiger partial charge in [0.05, 0.1) is 11.4 Å². The van der Waals surface area contributed by atoms with Crippen LogP contribution in [-0.4, -0.2) is 45.3 Å². The Morgan fingerprint density at radius 2 is 1.71 bits per heavy atom. The van der Waals surface area contributed by atoms with E-state index >= 15 is 0 Å². The molecule has 28 heavy (non-hydrogen) atoms. The quantitative estimate of drug-likeness (QED) is 0.657. The molecular weight excluding hydrogens is 385 g/mol. The second kappa shape index (κ2) is 9.25. The highest BCUT2D eigenvalue weighted by Crippen LogP contribution is 2.12. The van der Waals surface area contributed by atoms with E-state index in [2.05, 4.69) is 16.6 Å². The molecule has 0 atom stereocenters. The predicted molar refractivity (Wildman–Crippen MR) is 104 cm³/mol. The molecule has 0 fully saturated rings. The van der Waals surface area contributed by atoms with Gasteiger partial charge in [0.2, 0.25) is 15.9 Å². The van der Waals surface area contributed by atoms with Gasteiger partial charge in [-0.05, 0) is 48.5 Å². The Bertz CT molecular complexity index is 958. The van der Waals surface area contributed by atoms with Crippen LogP contribution in [0.3, 0.4) is 0 Å². The van der Waals surface area contributed by atoms with Crippen LogP contribution in [0.15, 0.2) is 66.1 Å². The van der Waals surface area contributed by atoms with Crippen LogP contribution < -0.4 is 10.0 Å². The highest BCUT2D eigenvalue weighted by molar-refractivity contribution is 7.89. The van der Waals surface area contributed by atoms with Gasteiger partial charge in [-0.1, -0.05) is 6.08 Å². The lowest BCUT2D eigenvalue weighted by Gasteiger charge is -2.17. The van der Waals surface area contributed by atoms with Crippen LogP contribution >= 0.6 is 0 Å². The minimum absolute atomic E-state index is 0.0163. The molecule has 148 valence electrons. The van der Waals surface area contributed by atoms with Crippen LogP contribution in [-0.2, 0) is 14.8 Å². The summed E-state index contributed by atoms with van der Waals surface area (Å²) in [6, 6.07) is 10.6. The summed E-state index contributed by atoms with van der Waals surface area (Å²) < 4.78 is 39.2. The van der Waals surface area contributed by atoms with Crippen molar-refractivity contribution in [1.82, 2.24) is 9.62 Å². The molecule has 7 nitrogen and oxygen atoms in total. The molecule has 9 heteroatoms. The number of nitrogens with one attached hydrogen (secondary N) is 2. The van der Waals surface area contributed by atoms with Crippen molar-refractivity contribution in [2.24, 2.45) is 0 Å². The van der Waals surface area contributed by atoms with Crippen molar-refractivity contribution >= 4 is 27.5 Å². The van der Waals surface area contributed by atoms with Gasteiger partial charge in [-0.25, -0.2) is 17.5 Å². The fourth-order valence-corrected chi connectivity index (χ4v) is 3.27. The third kappa shape index (κ3) is 5.73. The van der Waals surface area contributed by atoms with Crippen molar-refractivity contribution in [1.29, 1.82) is 0 Å². The summed E-state index contributed by atoms with van der Waals surface area (Å²) in [5.41, 5.74) is 0.647. The van der Waals surface area contributed by atoms with Crippen molar-refractivity contribution in [3.05, 3.63) is 72.6 Å². The molecule has 0 aliphatic carbocycles. The number of nitrogens with zero attached hydrogens (tertiary/aromatic N) is 1. The van der Waals surface area contributed by atoms with Gasteiger partial charge in [-0.3, -0.25) is 9.59 Å². The van der Waals surface area contributed by atoms with Gasteiger partial charge in [0.25, 0.3) is 5.91 Å². The maximum Gasteiger partial charge on any atom is 0.254 e. The zero-order valence-corrected chi connectivity index (χ0v) is 16.0. The minimum Gasteiger partial charge on any atom is -0.332 e. The number of rotatable bonds is 8. The van der Waals surface area contributed by atoms with Crippen LogP contribution in [0.1, 0.15) is 10.4 Å². The van der Waals surface area contributed by atoms with E-state index in [1.807, 2.05) is 0 Å². The number of anilines is 1. The van der Waals surface area contributed by atoms with Gasteiger partial charge in [-0.2, -0.15) is 0 Å². The Morgan fingerprint density at radius 3 is 2.29 bits per heavy atom. The van der Waals surface area contributed by atoms with E-state index in [0.29, 0.717) is 5.69 Å². The highest BCUT2D eigenvalue weighted by Gasteiger charge is 2.17. The van der Waals surface area contributed by atoms with Crippen molar-refractivity contribution in [2.75, 3.05) is 25.5 Å². The number of amides is 2. The van der Waals surface area contributed by atoms with Crippen LogP contribution in [0.25, 0.3) is 0 Å². The van der Waals surface area contributed by atoms with E-state index in [4.69, 9.17) is 0 Å². The molecule has 0 saturated heterocycles. The lowest BCUT2D eigenvalue weighted by molar-refractivity contribution is -0.116. The summed E-state index contributed by atoms with van der Waals surface area (Å²) >= 11 is 0. The van der Waals surface area contributed by atoms with Crippen molar-refractivity contribution in [3.63, 3.8) is 0 Å². The molecule has 0 spiro atoms. The van der Waals surface area contributed by atoms with E-state index in [1.54, 1.807) is 0 Å². The largest absolute Gasteiger partial charge is 0.332 e. The SMILES string of the molecule is C=CCNS(=O)(=O)c1ccc(C(=O)N(C)CC(=O)Nc2ccc(F)cc2)cc1. The topological polar surface area (TPSA) is 95.6 Å². The molecule has 0 bridgehead atoms. The fourth-order valence-electron chi connectivity index (χ4n) is 2.27. The number of sulfonamides is 1. The Morgan fingerprint density at radius 1 is 1.11 bits per heavy atom. The first kappa shape index (κ1) is 21.3. The van der Waals surface area contributed by atoms with E-state index in [0.717, 1.165) is 0 Å². The van der Waals surface area contributed by atoms with Gasteiger partial charge in [0.1, 0.15) is 5.82 Å². The molecule has 0 aromatic heterocycles. The predicted octanol–water partition coefficient (Wildman–Crippen LogP) is 2.00. The Labute approximate surface area is 162 Å². The van der Waals surface area contributed by atoms with Gasteiger partial charge >= 0.3 is 0 Å². The van der Waals surface area contributed by atoms with E-state index < -0.39 is 27.7 Å². The lowest BCUT2D eigenvalue weighted by Crippen LogP contribution is -2.35. The summed E-state index contributed by atoms with van der Waals surface area (Å²) in [4.78, 5) is 25.7. The van der Waals surface area contributed by atoms with Crippen LogP contribution in [0, 0.1) is 5.82 Å². The molecule has 2 aromatic carbocycles. The number of hydrogen-bond acceptors (Lipinski definition) is 4. The number of carbonyl (C=O) groups is 2. The summed E-state index contributed by atoms with van der Waals surface area (Å²) in [5, 5.41) is 2.56. The van der Waals surface area contributed by atoms with Crippen molar-refractivity contribution in [3.8, 4) is 0 Å². The summed E-state index contributed by atoms with van der Waals surface area (Å²) in [7, 11) is -2.23. The molecule has 0 aliphatic rings. The molecule has 0 unspecified atom stereocenters. The van der Waals surface area contributed by atoms with Gasteiger partial charge in [-0.15, -0.1) is 6.58 Å². The van der Waals surface area contributed by atoms with E-state index in [9.17, 15) is 22.4 Å². The minimum atomic E-state index is -3.68. The summed E-state index contributed by atoms with van der Waals surface area (Å²) in [6.45, 7) is 3.31. The van der Waals surface area contributed by atoms with E-state index in [1.165, 1.54) is 66.6 Å². The standard InChI is InChI=1S/C19H20FN3O4S/c1-3-12-21-28(26,27)17-10-4-14(5-11-17)19(25)23(2)13-18(24)22-16-8-6-15(20)7-9-16/h3-11,21H,1,12-13H2,2H3,(H,22,24). The monoisotopic (exact) mass is 405 g/mol. The maximum absolute atomic E-state index is 12.9. The molecule has 0 saturated carbocycles. The van der Waals surface area contributed by atoms with Gasteiger partial charge < -0.3 is 10.2 Å². The third-order valence-corrected chi connectivity index (χ3v) is 5.12. The zero-order valence-electron chi connectivity index (χ0n) is 15.2. The maximum atomic E-state index is 12.9. The summed E-state index contributed by atoms with van der Waals surface area (Å²) in [5.74, 6) is -1.32. The zero-order chi connectivity index (χ0) is 20.7. The fraction of sp³-hybridized carbons (Fsp3) is 0.158. The Kier molecular flexibility index (Phi) is 7.02. The molecule has 2 N–H and O–H groups in total. The van der Waals surface area contributed by atoms with Crippen LogP contribution in [0.4, 0.5) is 10.1 Å². The first-order chi connectivity index (χ1) is 13.2. The first-order valence-electron chi connectivity index (χ1n) is 8.24. The molecule has 0 heterocycles. The van der Waals surface area contributed by atoms with Crippen LogP contribution in [0.2, 0.25) is 0 Å². The normalized spacial score (nSPS) is 10.9. The average molecular weight is 405 g/mol. The second-order valence-corrected chi connectivity index (χ2v) is 7.65. The second-order valence-electron chi connectivity index (χ2n) is 5.88. The highest BCUT2D eigenvalue weighted by atomic mass is 32.2. The molecule has 0 aliphatic heterocycles. The number of carbonyl (C=O) groups excluding carboxylic acids is 2. The first-order valence-corrected chi connectivity index (χ1v) is 9.73. The molecular formula is C19H20FN3O4S. The number of hydrogen-bond donors (Lipinski definition) is 2. The third-order valence-electron chi connectivity index (χ3n) is 3.68. The molecule has 2 amide bonds. The lowest BCUT2D eigenvalue weighted by atomic mass is 10.2. The number of halogens is 1. The molecule has 2 rings (SSSR count). The summed E-state index contributed by atoms with van der Waals surface area (Å²) in [6.07, 6.45) is 1.42. The Balaban J connectivity index is 1.99. The van der Waals surface area contributed by atoms with Crippen molar-refractivity contribution < 1.29 is 22.4 Å².